The molecule has 0 aliphatic heterocycles. The summed E-state index contributed by atoms with van der Waals surface area (Å²) in [5.41, 5.74) is 1.80. The Morgan fingerprint density at radius 2 is 1.63 bits per heavy atom. The SMILES string of the molecule is Cc1ccc(CC(=O)Oc2c(F)cccc2F)cc1. The zero-order valence-corrected chi connectivity index (χ0v) is 10.3. The van der Waals surface area contributed by atoms with Crippen LogP contribution >= 0.6 is 0 Å². The predicted molar refractivity (Wildman–Crippen MR) is 66.9 cm³/mol. The maximum atomic E-state index is 13.3. The van der Waals surface area contributed by atoms with Crippen LogP contribution < -0.4 is 4.74 Å². The molecule has 19 heavy (non-hydrogen) atoms. The van der Waals surface area contributed by atoms with Gasteiger partial charge < -0.3 is 4.74 Å². The van der Waals surface area contributed by atoms with Crippen LogP contribution in [0, 0.1) is 18.6 Å². The molecule has 2 nitrogen and oxygen atoms in total. The summed E-state index contributed by atoms with van der Waals surface area (Å²) in [6.07, 6.45) is -0.0337. The van der Waals surface area contributed by atoms with Crippen LogP contribution in [0.4, 0.5) is 8.78 Å². The van der Waals surface area contributed by atoms with E-state index < -0.39 is 23.4 Å². The molecule has 4 heteroatoms. The second kappa shape index (κ2) is 5.61. The number of rotatable bonds is 3. The Hall–Kier alpha value is -2.23. The lowest BCUT2D eigenvalue weighted by Gasteiger charge is -2.06. The second-order valence-electron chi connectivity index (χ2n) is 4.19. The zero-order valence-electron chi connectivity index (χ0n) is 10.3. The summed E-state index contributed by atoms with van der Waals surface area (Å²) < 4.78 is 31.3. The van der Waals surface area contributed by atoms with Crippen molar-refractivity contribution in [3.63, 3.8) is 0 Å². The number of halogens is 2. The van der Waals surface area contributed by atoms with Gasteiger partial charge in [0, 0.05) is 0 Å². The second-order valence-corrected chi connectivity index (χ2v) is 4.19. The first-order chi connectivity index (χ1) is 9.06. The molecule has 0 heterocycles. The maximum Gasteiger partial charge on any atom is 0.315 e. The molecular formula is C15H12F2O2. The van der Waals surface area contributed by atoms with Crippen molar-refractivity contribution < 1.29 is 18.3 Å². The van der Waals surface area contributed by atoms with E-state index >= 15 is 0 Å². The molecule has 2 aromatic rings. The molecule has 0 saturated carbocycles. The lowest BCUT2D eigenvalue weighted by Crippen LogP contribution is -2.13. The van der Waals surface area contributed by atoms with E-state index in [1.54, 1.807) is 12.1 Å². The van der Waals surface area contributed by atoms with Gasteiger partial charge in [0.15, 0.2) is 11.6 Å². The molecule has 0 saturated heterocycles. The van der Waals surface area contributed by atoms with E-state index in [0.717, 1.165) is 23.3 Å². The van der Waals surface area contributed by atoms with Crippen molar-refractivity contribution in [2.75, 3.05) is 0 Å². The number of carbonyl (C=O) groups excluding carboxylic acids is 1. The molecule has 0 N–H and O–H groups in total. The molecule has 0 amide bonds. The van der Waals surface area contributed by atoms with Crippen molar-refractivity contribution in [3.8, 4) is 5.75 Å². The van der Waals surface area contributed by atoms with Crippen LogP contribution in [0.3, 0.4) is 0 Å². The molecule has 0 fully saturated rings. The van der Waals surface area contributed by atoms with Gasteiger partial charge in [-0.1, -0.05) is 35.9 Å². The lowest BCUT2D eigenvalue weighted by molar-refractivity contribution is -0.134. The number of para-hydroxylation sites is 1. The minimum Gasteiger partial charge on any atom is -0.420 e. The lowest BCUT2D eigenvalue weighted by atomic mass is 10.1. The molecule has 2 aromatic carbocycles. The van der Waals surface area contributed by atoms with Gasteiger partial charge in [-0.2, -0.15) is 0 Å². The highest BCUT2D eigenvalue weighted by Crippen LogP contribution is 2.21. The maximum absolute atomic E-state index is 13.3. The summed E-state index contributed by atoms with van der Waals surface area (Å²) in [5.74, 6) is -3.14. The summed E-state index contributed by atoms with van der Waals surface area (Å²) in [6, 6.07) is 10.5. The molecule has 0 aliphatic carbocycles. The van der Waals surface area contributed by atoms with E-state index in [0.29, 0.717) is 0 Å². The van der Waals surface area contributed by atoms with Gasteiger partial charge in [-0.3, -0.25) is 4.79 Å². The monoisotopic (exact) mass is 262 g/mol. The number of ether oxygens (including phenoxy) is 1. The molecule has 2 rings (SSSR count). The van der Waals surface area contributed by atoms with Gasteiger partial charge in [0.1, 0.15) is 0 Å². The van der Waals surface area contributed by atoms with Crippen LogP contribution in [0.25, 0.3) is 0 Å². The first-order valence-corrected chi connectivity index (χ1v) is 5.76. The summed E-state index contributed by atoms with van der Waals surface area (Å²) in [7, 11) is 0. The molecule has 0 aromatic heterocycles. The van der Waals surface area contributed by atoms with Gasteiger partial charge >= 0.3 is 5.97 Å². The average molecular weight is 262 g/mol. The summed E-state index contributed by atoms with van der Waals surface area (Å²) >= 11 is 0. The van der Waals surface area contributed by atoms with E-state index in [-0.39, 0.29) is 6.42 Å². The molecule has 98 valence electrons. The van der Waals surface area contributed by atoms with Crippen LogP contribution in [0.2, 0.25) is 0 Å². The zero-order chi connectivity index (χ0) is 13.8. The Labute approximate surface area is 109 Å². The van der Waals surface area contributed by atoms with E-state index in [4.69, 9.17) is 4.74 Å². The van der Waals surface area contributed by atoms with Crippen molar-refractivity contribution in [2.24, 2.45) is 0 Å². The molecule has 0 bridgehead atoms. The number of benzene rings is 2. The van der Waals surface area contributed by atoms with Crippen molar-refractivity contribution >= 4 is 5.97 Å². The van der Waals surface area contributed by atoms with Crippen molar-refractivity contribution in [1.29, 1.82) is 0 Å². The Kier molecular flexibility index (Phi) is 3.90. The van der Waals surface area contributed by atoms with Gasteiger partial charge in [0.05, 0.1) is 6.42 Å². The smallest absolute Gasteiger partial charge is 0.315 e. The predicted octanol–water partition coefficient (Wildman–Crippen LogP) is 3.42. The van der Waals surface area contributed by atoms with Gasteiger partial charge in [0.25, 0.3) is 0 Å². The molecule has 0 aliphatic rings. The van der Waals surface area contributed by atoms with Crippen LogP contribution in [-0.2, 0) is 11.2 Å². The highest BCUT2D eigenvalue weighted by atomic mass is 19.1. The van der Waals surface area contributed by atoms with Crippen LogP contribution in [-0.4, -0.2) is 5.97 Å². The van der Waals surface area contributed by atoms with Gasteiger partial charge in [0.2, 0.25) is 5.75 Å². The molecule has 0 radical (unpaired) electrons. The minimum atomic E-state index is -0.891. The van der Waals surface area contributed by atoms with E-state index in [2.05, 4.69) is 0 Å². The van der Waals surface area contributed by atoms with Crippen molar-refractivity contribution in [3.05, 3.63) is 65.2 Å². The van der Waals surface area contributed by atoms with E-state index in [1.807, 2.05) is 19.1 Å². The topological polar surface area (TPSA) is 26.3 Å². The van der Waals surface area contributed by atoms with Gasteiger partial charge in [-0.15, -0.1) is 0 Å². The number of hydrogen-bond acceptors (Lipinski definition) is 2. The molecule has 0 spiro atoms. The Bertz CT molecular complexity index is 571. The third-order valence-corrected chi connectivity index (χ3v) is 2.60. The van der Waals surface area contributed by atoms with Crippen LogP contribution in [0.1, 0.15) is 11.1 Å². The number of esters is 1. The van der Waals surface area contributed by atoms with Crippen molar-refractivity contribution in [1.82, 2.24) is 0 Å². The Balaban J connectivity index is 2.07. The number of aryl methyl sites for hydroxylation is 1. The largest absolute Gasteiger partial charge is 0.420 e. The highest BCUT2D eigenvalue weighted by Gasteiger charge is 2.14. The fourth-order valence-electron chi connectivity index (χ4n) is 1.60. The minimum absolute atomic E-state index is 0.0337. The van der Waals surface area contributed by atoms with Crippen LogP contribution in [0.5, 0.6) is 5.75 Å². The summed E-state index contributed by atoms with van der Waals surface area (Å²) in [4.78, 5) is 11.6. The number of carbonyl (C=O) groups is 1. The van der Waals surface area contributed by atoms with Crippen LogP contribution in [0.15, 0.2) is 42.5 Å². The molecule has 0 unspecified atom stereocenters. The fourth-order valence-corrected chi connectivity index (χ4v) is 1.60. The molecular weight excluding hydrogens is 250 g/mol. The average Bonchev–Trinajstić information content (AvgIpc) is 2.37. The van der Waals surface area contributed by atoms with Crippen molar-refractivity contribution in [2.45, 2.75) is 13.3 Å². The third kappa shape index (κ3) is 3.37. The van der Waals surface area contributed by atoms with Gasteiger partial charge in [-0.05, 0) is 24.6 Å². The third-order valence-electron chi connectivity index (χ3n) is 2.60. The Morgan fingerprint density at radius 1 is 1.05 bits per heavy atom. The standard InChI is InChI=1S/C15H12F2O2/c1-10-5-7-11(8-6-10)9-14(18)19-15-12(16)3-2-4-13(15)17/h2-8H,9H2,1H3. The van der Waals surface area contributed by atoms with Gasteiger partial charge in [-0.25, -0.2) is 8.78 Å². The first-order valence-electron chi connectivity index (χ1n) is 5.76. The summed E-state index contributed by atoms with van der Waals surface area (Å²) in [6.45, 7) is 1.93. The molecule has 0 atom stereocenters. The highest BCUT2D eigenvalue weighted by molar-refractivity contribution is 5.75. The Morgan fingerprint density at radius 3 is 2.21 bits per heavy atom. The first kappa shape index (κ1) is 13.2. The normalized spacial score (nSPS) is 10.3. The van der Waals surface area contributed by atoms with E-state index in [9.17, 15) is 13.6 Å². The summed E-state index contributed by atoms with van der Waals surface area (Å²) in [5, 5.41) is 0. The fraction of sp³-hybridized carbons (Fsp3) is 0.133. The quantitative estimate of drug-likeness (QED) is 0.625. The number of hydrogen-bond donors (Lipinski definition) is 0. The van der Waals surface area contributed by atoms with E-state index in [1.165, 1.54) is 6.07 Å².